The number of aryl methyl sites for hydroxylation is 2. The quantitative estimate of drug-likeness (QED) is 0.604. The molecule has 1 saturated heterocycles. The largest absolute Gasteiger partial charge is 0.374 e. The summed E-state index contributed by atoms with van der Waals surface area (Å²) in [6, 6.07) is 0.0262. The molecule has 2 unspecified atom stereocenters. The Morgan fingerprint density at radius 2 is 2.24 bits per heavy atom. The van der Waals surface area contributed by atoms with Crippen LogP contribution in [0, 0.1) is 6.92 Å². The maximum atomic E-state index is 6.39. The van der Waals surface area contributed by atoms with Gasteiger partial charge in [-0.3, -0.25) is 20.9 Å². The van der Waals surface area contributed by atoms with Crippen molar-refractivity contribution in [2.24, 2.45) is 5.84 Å². The highest BCUT2D eigenvalue weighted by Crippen LogP contribution is 2.23. The van der Waals surface area contributed by atoms with Gasteiger partial charge in [-0.25, -0.2) is 0 Å². The van der Waals surface area contributed by atoms with Crippen molar-refractivity contribution in [3.8, 4) is 0 Å². The third kappa shape index (κ3) is 3.76. The van der Waals surface area contributed by atoms with Crippen LogP contribution >= 0.6 is 11.6 Å². The Labute approximate surface area is 131 Å². The van der Waals surface area contributed by atoms with Crippen LogP contribution in [-0.2, 0) is 17.7 Å². The maximum Gasteiger partial charge on any atom is 0.0872 e. The Kier molecular flexibility index (Phi) is 6.01. The van der Waals surface area contributed by atoms with Crippen molar-refractivity contribution in [3.05, 3.63) is 16.4 Å². The molecule has 1 aromatic rings. The number of aromatic nitrogens is 2. The zero-order chi connectivity index (χ0) is 15.4. The predicted molar refractivity (Wildman–Crippen MR) is 84.3 cm³/mol. The summed E-state index contributed by atoms with van der Waals surface area (Å²) in [5.41, 5.74) is 4.79. The number of halogens is 1. The van der Waals surface area contributed by atoms with Crippen molar-refractivity contribution in [1.82, 2.24) is 20.1 Å². The van der Waals surface area contributed by atoms with Gasteiger partial charge in [-0.15, -0.1) is 0 Å². The second-order valence-corrected chi connectivity index (χ2v) is 5.82. The van der Waals surface area contributed by atoms with Crippen LogP contribution in [0.1, 0.15) is 25.2 Å². The van der Waals surface area contributed by atoms with Crippen LogP contribution in [0.4, 0.5) is 0 Å². The molecule has 0 radical (unpaired) electrons. The number of nitrogens with one attached hydrogen (secondary N) is 1. The van der Waals surface area contributed by atoms with Crippen molar-refractivity contribution < 1.29 is 4.74 Å². The summed E-state index contributed by atoms with van der Waals surface area (Å²) >= 11 is 6.39. The first-order valence-corrected chi connectivity index (χ1v) is 8.00. The molecule has 0 aromatic carbocycles. The van der Waals surface area contributed by atoms with E-state index in [0.717, 1.165) is 49.2 Å². The van der Waals surface area contributed by atoms with Crippen LogP contribution in [0.15, 0.2) is 0 Å². The molecular formula is C14H26ClN5O. The van der Waals surface area contributed by atoms with Crippen LogP contribution in [0.2, 0.25) is 5.02 Å². The molecule has 3 N–H and O–H groups in total. The van der Waals surface area contributed by atoms with Gasteiger partial charge in [-0.2, -0.15) is 5.10 Å². The van der Waals surface area contributed by atoms with Crippen LogP contribution in [0.3, 0.4) is 0 Å². The minimum atomic E-state index is 0.0262. The van der Waals surface area contributed by atoms with Crippen molar-refractivity contribution >= 4 is 11.6 Å². The lowest BCUT2D eigenvalue weighted by molar-refractivity contribution is -0.0450. The fourth-order valence-corrected chi connectivity index (χ4v) is 3.04. The highest BCUT2D eigenvalue weighted by Gasteiger charge is 2.29. The number of rotatable bonds is 6. The molecule has 2 atom stereocenters. The normalized spacial score (nSPS) is 21.7. The van der Waals surface area contributed by atoms with Crippen LogP contribution in [0.25, 0.3) is 0 Å². The van der Waals surface area contributed by atoms with E-state index in [1.807, 2.05) is 11.6 Å². The Morgan fingerprint density at radius 1 is 1.48 bits per heavy atom. The number of hydrogen-bond acceptors (Lipinski definition) is 5. The van der Waals surface area contributed by atoms with Gasteiger partial charge in [0.05, 0.1) is 35.2 Å². The summed E-state index contributed by atoms with van der Waals surface area (Å²) in [6.45, 7) is 10.6. The Bertz CT molecular complexity index is 464. The Hall–Kier alpha value is -0.660. The molecule has 0 amide bonds. The number of ether oxygens (including phenoxy) is 1. The molecule has 120 valence electrons. The molecule has 1 fully saturated rings. The molecule has 1 aromatic heterocycles. The fraction of sp³-hybridized carbons (Fsp3) is 0.786. The van der Waals surface area contributed by atoms with E-state index in [4.69, 9.17) is 22.2 Å². The minimum Gasteiger partial charge on any atom is -0.374 e. The average molecular weight is 316 g/mol. The van der Waals surface area contributed by atoms with Gasteiger partial charge in [0.2, 0.25) is 0 Å². The van der Waals surface area contributed by atoms with E-state index in [0.29, 0.717) is 6.42 Å². The van der Waals surface area contributed by atoms with Gasteiger partial charge in [0.25, 0.3) is 0 Å². The lowest BCUT2D eigenvalue weighted by Gasteiger charge is -2.36. The number of likely N-dealkylation sites (N-methyl/N-ethyl adjacent to an activating group) is 1. The summed E-state index contributed by atoms with van der Waals surface area (Å²) in [4.78, 5) is 2.38. The highest BCUT2D eigenvalue weighted by atomic mass is 35.5. The highest BCUT2D eigenvalue weighted by molar-refractivity contribution is 6.31. The molecule has 6 nitrogen and oxygen atoms in total. The lowest BCUT2D eigenvalue weighted by Crippen LogP contribution is -2.54. The van der Waals surface area contributed by atoms with Crippen molar-refractivity contribution in [1.29, 1.82) is 0 Å². The summed E-state index contributed by atoms with van der Waals surface area (Å²) in [5, 5.41) is 5.19. The minimum absolute atomic E-state index is 0.0262. The molecule has 1 aliphatic rings. The summed E-state index contributed by atoms with van der Waals surface area (Å²) < 4.78 is 7.85. The second kappa shape index (κ2) is 7.56. The SMILES string of the molecule is CCN1CCOC(C(Cc2c(Cl)c(C)nn2CC)NN)C1. The van der Waals surface area contributed by atoms with Crippen LogP contribution in [-0.4, -0.2) is 53.1 Å². The van der Waals surface area contributed by atoms with E-state index >= 15 is 0 Å². The Morgan fingerprint density at radius 3 is 2.86 bits per heavy atom. The zero-order valence-corrected chi connectivity index (χ0v) is 13.9. The zero-order valence-electron chi connectivity index (χ0n) is 13.1. The number of hydrazine groups is 1. The van der Waals surface area contributed by atoms with E-state index in [1.54, 1.807) is 0 Å². The second-order valence-electron chi connectivity index (χ2n) is 5.44. The number of nitrogens with zero attached hydrogens (tertiary/aromatic N) is 3. The lowest BCUT2D eigenvalue weighted by atomic mass is 10.0. The van der Waals surface area contributed by atoms with E-state index in [2.05, 4.69) is 29.3 Å². The fourth-order valence-electron chi connectivity index (χ4n) is 2.83. The van der Waals surface area contributed by atoms with Gasteiger partial charge in [0.15, 0.2) is 0 Å². The third-order valence-corrected chi connectivity index (χ3v) is 4.65. The molecule has 21 heavy (non-hydrogen) atoms. The molecule has 0 spiro atoms. The molecule has 2 rings (SSSR count). The van der Waals surface area contributed by atoms with E-state index in [1.165, 1.54) is 0 Å². The predicted octanol–water partition coefficient (Wildman–Crippen LogP) is 0.960. The molecule has 0 bridgehead atoms. The van der Waals surface area contributed by atoms with E-state index in [9.17, 15) is 0 Å². The molecule has 2 heterocycles. The van der Waals surface area contributed by atoms with Gasteiger partial charge >= 0.3 is 0 Å². The summed E-state index contributed by atoms with van der Waals surface area (Å²) in [5.74, 6) is 5.77. The summed E-state index contributed by atoms with van der Waals surface area (Å²) in [7, 11) is 0. The van der Waals surface area contributed by atoms with Crippen LogP contribution in [0.5, 0.6) is 0 Å². The first-order chi connectivity index (χ1) is 10.1. The van der Waals surface area contributed by atoms with E-state index < -0.39 is 0 Å². The number of hydrogen-bond donors (Lipinski definition) is 2. The smallest absolute Gasteiger partial charge is 0.0872 e. The first kappa shape index (κ1) is 16.7. The van der Waals surface area contributed by atoms with Crippen LogP contribution < -0.4 is 11.3 Å². The molecule has 7 heteroatoms. The molecule has 0 aliphatic carbocycles. The summed E-state index contributed by atoms with van der Waals surface area (Å²) in [6.07, 6.45) is 0.784. The standard InChI is InChI=1S/C14H26ClN5O/c1-4-19-6-7-21-13(9-19)11(17-16)8-12-14(15)10(3)18-20(12)5-2/h11,13,17H,4-9,16H2,1-3H3. The van der Waals surface area contributed by atoms with E-state index in [-0.39, 0.29) is 12.1 Å². The maximum absolute atomic E-state index is 6.39. The van der Waals surface area contributed by atoms with Gasteiger partial charge in [-0.1, -0.05) is 18.5 Å². The van der Waals surface area contributed by atoms with Gasteiger partial charge in [-0.05, 0) is 20.4 Å². The van der Waals surface area contributed by atoms with Crippen molar-refractivity contribution in [3.63, 3.8) is 0 Å². The topological polar surface area (TPSA) is 68.3 Å². The van der Waals surface area contributed by atoms with Gasteiger partial charge in [0, 0.05) is 26.1 Å². The van der Waals surface area contributed by atoms with Gasteiger partial charge < -0.3 is 4.74 Å². The van der Waals surface area contributed by atoms with Gasteiger partial charge in [0.1, 0.15) is 0 Å². The monoisotopic (exact) mass is 315 g/mol. The third-order valence-electron chi connectivity index (χ3n) is 4.15. The average Bonchev–Trinajstić information content (AvgIpc) is 2.79. The van der Waals surface area contributed by atoms with Crippen molar-refractivity contribution in [2.75, 3.05) is 26.2 Å². The number of nitrogens with two attached hydrogens (primary N) is 1. The molecule has 0 saturated carbocycles. The number of morpholine rings is 1. The Balaban J connectivity index is 2.12. The van der Waals surface area contributed by atoms with Crippen molar-refractivity contribution in [2.45, 2.75) is 45.9 Å². The molecular weight excluding hydrogens is 290 g/mol. The first-order valence-electron chi connectivity index (χ1n) is 7.62. The molecule has 1 aliphatic heterocycles.